The summed E-state index contributed by atoms with van der Waals surface area (Å²) in [5.41, 5.74) is 1.32. The molecular weight excluding hydrogens is 336 g/mol. The van der Waals surface area contributed by atoms with Crippen molar-refractivity contribution in [1.82, 2.24) is 4.90 Å². The second kappa shape index (κ2) is 6.71. The van der Waals surface area contributed by atoms with E-state index in [0.29, 0.717) is 17.7 Å². The van der Waals surface area contributed by atoms with Gasteiger partial charge >= 0.3 is 0 Å². The molecule has 2 unspecified atom stereocenters. The van der Waals surface area contributed by atoms with Gasteiger partial charge in [-0.3, -0.25) is 4.79 Å². The molecule has 4 rings (SSSR count). The number of aliphatic hydroxyl groups is 1. The molecule has 1 fully saturated rings. The fourth-order valence-corrected chi connectivity index (χ4v) is 3.69. The van der Waals surface area contributed by atoms with Crippen molar-refractivity contribution in [3.8, 4) is 6.07 Å². The van der Waals surface area contributed by atoms with E-state index in [1.54, 1.807) is 29.2 Å². The zero-order valence-electron chi connectivity index (χ0n) is 14.6. The van der Waals surface area contributed by atoms with Crippen molar-refractivity contribution in [3.05, 3.63) is 107 Å². The molecule has 3 aromatic rings. The molecule has 1 amide bonds. The summed E-state index contributed by atoms with van der Waals surface area (Å²) in [5.74, 6) is -0.313. The summed E-state index contributed by atoms with van der Waals surface area (Å²) in [6.07, 6.45) is 0. The van der Waals surface area contributed by atoms with Gasteiger partial charge in [-0.05, 0) is 28.8 Å². The van der Waals surface area contributed by atoms with Crippen molar-refractivity contribution in [1.29, 1.82) is 5.26 Å². The quantitative estimate of drug-likeness (QED) is 0.729. The molecule has 0 aromatic heterocycles. The summed E-state index contributed by atoms with van der Waals surface area (Å²) >= 11 is 0. The van der Waals surface area contributed by atoms with Crippen LogP contribution in [0.15, 0.2) is 84.9 Å². The van der Waals surface area contributed by atoms with Gasteiger partial charge in [-0.2, -0.15) is 5.26 Å². The van der Waals surface area contributed by atoms with Crippen LogP contribution in [0.5, 0.6) is 0 Å². The Morgan fingerprint density at radius 2 is 1.52 bits per heavy atom. The molecule has 1 saturated heterocycles. The lowest BCUT2D eigenvalue weighted by atomic mass is 9.73. The van der Waals surface area contributed by atoms with Crippen molar-refractivity contribution >= 4 is 5.91 Å². The maximum Gasteiger partial charge on any atom is 0.262 e. The van der Waals surface area contributed by atoms with Crippen molar-refractivity contribution < 1.29 is 9.90 Å². The molecule has 1 aliphatic rings. The maximum absolute atomic E-state index is 13.0. The van der Waals surface area contributed by atoms with Crippen molar-refractivity contribution in [2.24, 2.45) is 0 Å². The molecule has 4 heteroatoms. The van der Waals surface area contributed by atoms with Crippen LogP contribution in [0.2, 0.25) is 0 Å². The van der Waals surface area contributed by atoms with Gasteiger partial charge in [0.1, 0.15) is 0 Å². The van der Waals surface area contributed by atoms with E-state index in [2.05, 4.69) is 6.07 Å². The number of hydrogen-bond donors (Lipinski definition) is 1. The van der Waals surface area contributed by atoms with Crippen LogP contribution in [0.1, 0.15) is 28.3 Å². The Morgan fingerprint density at radius 3 is 2.11 bits per heavy atom. The van der Waals surface area contributed by atoms with Gasteiger partial charge in [-0.25, -0.2) is 0 Å². The molecule has 0 aliphatic carbocycles. The lowest BCUT2D eigenvalue weighted by Crippen LogP contribution is -2.65. The normalized spacial score (nSPS) is 21.4. The molecular formula is C23H18N2O2. The molecule has 0 spiro atoms. The highest BCUT2D eigenvalue weighted by molar-refractivity contribution is 5.94. The fourth-order valence-electron chi connectivity index (χ4n) is 3.69. The molecule has 3 aromatic carbocycles. The number of carbonyl (C=O) groups excluding carboxylic acids is 1. The van der Waals surface area contributed by atoms with Crippen LogP contribution >= 0.6 is 0 Å². The molecule has 1 heterocycles. The van der Waals surface area contributed by atoms with Gasteiger partial charge in [0.25, 0.3) is 5.91 Å². The number of carbonyl (C=O) groups is 1. The molecule has 1 N–H and O–H groups in total. The van der Waals surface area contributed by atoms with E-state index in [-0.39, 0.29) is 5.91 Å². The SMILES string of the molecule is N#Cc1ccc(C2N(Cc3ccccc3)C(=O)C2(O)c2ccccc2)cc1. The number of likely N-dealkylation sites (tertiary alicyclic amines) is 1. The van der Waals surface area contributed by atoms with E-state index in [9.17, 15) is 9.90 Å². The molecule has 4 nitrogen and oxygen atoms in total. The lowest BCUT2D eigenvalue weighted by molar-refractivity contribution is -0.198. The summed E-state index contributed by atoms with van der Waals surface area (Å²) < 4.78 is 0. The van der Waals surface area contributed by atoms with E-state index in [1.165, 1.54) is 0 Å². The third kappa shape index (κ3) is 2.79. The topological polar surface area (TPSA) is 64.3 Å². The summed E-state index contributed by atoms with van der Waals surface area (Å²) in [7, 11) is 0. The van der Waals surface area contributed by atoms with Crippen molar-refractivity contribution in [3.63, 3.8) is 0 Å². The van der Waals surface area contributed by atoms with E-state index in [0.717, 1.165) is 11.1 Å². The number of hydrogen-bond acceptors (Lipinski definition) is 3. The molecule has 0 bridgehead atoms. The minimum atomic E-state index is -1.61. The number of β-lactam (4-membered cyclic amide) rings is 1. The van der Waals surface area contributed by atoms with Crippen LogP contribution in [-0.4, -0.2) is 15.9 Å². The number of nitrogens with zero attached hydrogens (tertiary/aromatic N) is 2. The molecule has 0 radical (unpaired) electrons. The molecule has 27 heavy (non-hydrogen) atoms. The minimum absolute atomic E-state index is 0.313. The molecule has 0 saturated carbocycles. The molecule has 2 atom stereocenters. The van der Waals surface area contributed by atoms with Crippen LogP contribution in [0.4, 0.5) is 0 Å². The Kier molecular flexibility index (Phi) is 4.23. The van der Waals surface area contributed by atoms with E-state index >= 15 is 0 Å². The van der Waals surface area contributed by atoms with Gasteiger partial charge in [0, 0.05) is 6.54 Å². The van der Waals surface area contributed by atoms with Crippen LogP contribution < -0.4 is 0 Å². The van der Waals surface area contributed by atoms with Gasteiger partial charge in [0.05, 0.1) is 17.7 Å². The first-order valence-corrected chi connectivity index (χ1v) is 8.77. The molecule has 132 valence electrons. The monoisotopic (exact) mass is 354 g/mol. The largest absolute Gasteiger partial charge is 0.373 e. The second-order valence-electron chi connectivity index (χ2n) is 6.69. The predicted molar refractivity (Wildman–Crippen MR) is 101 cm³/mol. The van der Waals surface area contributed by atoms with Crippen LogP contribution in [0.25, 0.3) is 0 Å². The van der Waals surface area contributed by atoms with E-state index in [4.69, 9.17) is 5.26 Å². The number of nitriles is 1. The lowest BCUT2D eigenvalue weighted by Gasteiger charge is -2.53. The number of rotatable bonds is 4. The highest BCUT2D eigenvalue weighted by Crippen LogP contribution is 2.50. The Labute approximate surface area is 157 Å². The average Bonchev–Trinajstić information content (AvgIpc) is 2.74. The third-order valence-corrected chi connectivity index (χ3v) is 5.06. The van der Waals surface area contributed by atoms with Gasteiger partial charge in [-0.1, -0.05) is 72.8 Å². The van der Waals surface area contributed by atoms with Gasteiger partial charge in [0.2, 0.25) is 0 Å². The highest BCUT2D eigenvalue weighted by Gasteiger charge is 2.61. The smallest absolute Gasteiger partial charge is 0.262 e. The molecule has 1 aliphatic heterocycles. The fraction of sp³-hybridized carbons (Fsp3) is 0.130. The van der Waals surface area contributed by atoms with Crippen molar-refractivity contribution in [2.75, 3.05) is 0 Å². The summed E-state index contributed by atoms with van der Waals surface area (Å²) in [6, 6.07) is 27.4. The average molecular weight is 354 g/mol. The first kappa shape index (κ1) is 17.0. The van der Waals surface area contributed by atoms with Crippen LogP contribution in [0, 0.1) is 11.3 Å². The number of benzene rings is 3. The first-order valence-electron chi connectivity index (χ1n) is 8.77. The minimum Gasteiger partial charge on any atom is -0.373 e. The van der Waals surface area contributed by atoms with Gasteiger partial charge < -0.3 is 10.0 Å². The standard InChI is InChI=1S/C23H18N2O2/c24-15-17-11-13-19(14-12-17)21-23(27,20-9-5-2-6-10-20)22(26)25(21)16-18-7-3-1-4-8-18/h1-14,21,27H,16H2. The number of amides is 1. The second-order valence-corrected chi connectivity index (χ2v) is 6.69. The van der Waals surface area contributed by atoms with Crippen LogP contribution in [0.3, 0.4) is 0 Å². The third-order valence-electron chi connectivity index (χ3n) is 5.06. The Morgan fingerprint density at radius 1 is 0.926 bits per heavy atom. The first-order chi connectivity index (χ1) is 13.1. The Bertz CT molecular complexity index is 994. The zero-order valence-corrected chi connectivity index (χ0v) is 14.6. The van der Waals surface area contributed by atoms with E-state index < -0.39 is 11.6 Å². The van der Waals surface area contributed by atoms with Gasteiger partial charge in [-0.15, -0.1) is 0 Å². The Hall–Kier alpha value is -3.42. The summed E-state index contributed by atoms with van der Waals surface area (Å²) in [6.45, 7) is 0.416. The van der Waals surface area contributed by atoms with Crippen LogP contribution in [-0.2, 0) is 16.9 Å². The summed E-state index contributed by atoms with van der Waals surface area (Å²) in [4.78, 5) is 14.7. The maximum atomic E-state index is 13.0. The Balaban J connectivity index is 1.75. The highest BCUT2D eigenvalue weighted by atomic mass is 16.3. The van der Waals surface area contributed by atoms with E-state index in [1.807, 2.05) is 60.7 Å². The van der Waals surface area contributed by atoms with Gasteiger partial charge in [0.15, 0.2) is 5.60 Å². The predicted octanol–water partition coefficient (Wildman–Crippen LogP) is 3.53. The summed E-state index contributed by atoms with van der Waals surface area (Å²) in [5, 5.41) is 20.4. The van der Waals surface area contributed by atoms with Crippen molar-refractivity contribution in [2.45, 2.75) is 18.2 Å². The zero-order chi connectivity index (χ0) is 18.9.